The van der Waals surface area contributed by atoms with Gasteiger partial charge in [0.05, 0.1) is 26.3 Å². The third kappa shape index (κ3) is 3.37. The molecule has 7 heteroatoms. The van der Waals surface area contributed by atoms with Crippen LogP contribution in [0.4, 0.5) is 5.69 Å². The van der Waals surface area contributed by atoms with Gasteiger partial charge in [-0.2, -0.15) is 0 Å². The first kappa shape index (κ1) is 17.5. The van der Waals surface area contributed by atoms with Crippen LogP contribution < -0.4 is 10.2 Å². The molecule has 0 saturated carbocycles. The Morgan fingerprint density at radius 2 is 1.96 bits per heavy atom. The summed E-state index contributed by atoms with van der Waals surface area (Å²) in [5.74, 6) is -0.447. The summed E-state index contributed by atoms with van der Waals surface area (Å²) < 4.78 is 9.72. The topological polar surface area (TPSA) is 80.2 Å². The fourth-order valence-electron chi connectivity index (χ4n) is 2.76. The molecule has 0 saturated heterocycles. The average Bonchev–Trinajstić information content (AvgIpc) is 3.13. The van der Waals surface area contributed by atoms with Crippen LogP contribution in [0.1, 0.15) is 5.56 Å². The van der Waals surface area contributed by atoms with Crippen molar-refractivity contribution in [1.29, 1.82) is 0 Å². The van der Waals surface area contributed by atoms with Crippen molar-refractivity contribution < 1.29 is 19.1 Å². The van der Waals surface area contributed by atoms with Crippen molar-refractivity contribution in [2.24, 2.45) is 4.99 Å². The standard InChI is InChI=1S/C19H19N3O4/c1-25-18(23)15-8-3-4-11-22(16(15)19(24)26-2)14-7-5-6-13(12-14)17-20-9-10-21-17/h3-8,11-12H,9-10H2,1-2H3,(H,20,21). The maximum Gasteiger partial charge on any atom is 0.355 e. The van der Waals surface area contributed by atoms with Gasteiger partial charge in [-0.3, -0.25) is 4.99 Å². The summed E-state index contributed by atoms with van der Waals surface area (Å²) in [6.45, 7) is 1.53. The average molecular weight is 353 g/mol. The van der Waals surface area contributed by atoms with Gasteiger partial charge in [-0.05, 0) is 24.3 Å². The smallest absolute Gasteiger partial charge is 0.355 e. The number of hydrogen-bond acceptors (Lipinski definition) is 7. The Kier molecular flexibility index (Phi) is 5.17. The summed E-state index contributed by atoms with van der Waals surface area (Å²) in [7, 11) is 2.54. The van der Waals surface area contributed by atoms with Crippen molar-refractivity contribution in [1.82, 2.24) is 5.32 Å². The SMILES string of the molecule is COC(=O)C1=C(C(=O)OC)N(c2cccc(C3=NCCN3)c2)C=CC=C1. The van der Waals surface area contributed by atoms with Gasteiger partial charge in [0, 0.05) is 24.0 Å². The zero-order valence-corrected chi connectivity index (χ0v) is 14.6. The number of esters is 2. The summed E-state index contributed by atoms with van der Waals surface area (Å²) >= 11 is 0. The molecule has 0 aromatic heterocycles. The van der Waals surface area contributed by atoms with E-state index in [1.54, 1.807) is 23.3 Å². The van der Waals surface area contributed by atoms with Crippen LogP contribution >= 0.6 is 0 Å². The third-order valence-corrected chi connectivity index (χ3v) is 3.96. The van der Waals surface area contributed by atoms with Crippen LogP contribution in [0.5, 0.6) is 0 Å². The van der Waals surface area contributed by atoms with E-state index >= 15 is 0 Å². The van der Waals surface area contributed by atoms with E-state index in [1.165, 1.54) is 20.3 Å². The quantitative estimate of drug-likeness (QED) is 0.827. The zero-order chi connectivity index (χ0) is 18.5. The Balaban J connectivity index is 2.10. The molecule has 0 unspecified atom stereocenters. The third-order valence-electron chi connectivity index (χ3n) is 3.96. The minimum atomic E-state index is -0.636. The molecule has 1 aromatic carbocycles. The minimum Gasteiger partial charge on any atom is -0.465 e. The fourth-order valence-corrected chi connectivity index (χ4v) is 2.76. The molecule has 2 aliphatic rings. The molecule has 0 amide bonds. The van der Waals surface area contributed by atoms with Crippen molar-refractivity contribution >= 4 is 23.5 Å². The molecule has 1 N–H and O–H groups in total. The van der Waals surface area contributed by atoms with Gasteiger partial charge in [0.25, 0.3) is 0 Å². The predicted octanol–water partition coefficient (Wildman–Crippen LogP) is 1.53. The maximum absolute atomic E-state index is 12.4. The molecule has 0 bridgehead atoms. The Morgan fingerprint density at radius 1 is 1.15 bits per heavy atom. The lowest BCUT2D eigenvalue weighted by atomic mass is 10.1. The summed E-state index contributed by atoms with van der Waals surface area (Å²) in [5, 5.41) is 3.22. The Hall–Kier alpha value is -3.35. The van der Waals surface area contributed by atoms with Crippen LogP contribution in [-0.4, -0.2) is 45.1 Å². The number of nitrogens with one attached hydrogen (secondary N) is 1. The van der Waals surface area contributed by atoms with Crippen LogP contribution in [0.3, 0.4) is 0 Å². The van der Waals surface area contributed by atoms with Crippen LogP contribution in [0.2, 0.25) is 0 Å². The largest absolute Gasteiger partial charge is 0.465 e. The van der Waals surface area contributed by atoms with Crippen molar-refractivity contribution in [2.45, 2.75) is 0 Å². The predicted molar refractivity (Wildman–Crippen MR) is 97.7 cm³/mol. The van der Waals surface area contributed by atoms with E-state index in [9.17, 15) is 9.59 Å². The molecule has 0 atom stereocenters. The number of carbonyl (C=O) groups is 2. The van der Waals surface area contributed by atoms with Gasteiger partial charge in [0.2, 0.25) is 0 Å². The normalized spacial score (nSPS) is 16.1. The molecule has 0 spiro atoms. The van der Waals surface area contributed by atoms with Crippen LogP contribution in [0.25, 0.3) is 0 Å². The van der Waals surface area contributed by atoms with E-state index < -0.39 is 11.9 Å². The molecule has 0 radical (unpaired) electrons. The highest BCUT2D eigenvalue weighted by Gasteiger charge is 2.27. The van der Waals surface area contributed by atoms with Crippen molar-refractivity contribution in [3.8, 4) is 0 Å². The van der Waals surface area contributed by atoms with E-state index in [4.69, 9.17) is 9.47 Å². The lowest BCUT2D eigenvalue weighted by molar-refractivity contribution is -0.139. The summed E-state index contributed by atoms with van der Waals surface area (Å²) in [4.78, 5) is 30.6. The van der Waals surface area contributed by atoms with Crippen molar-refractivity contribution in [3.05, 3.63) is 65.5 Å². The van der Waals surface area contributed by atoms with E-state index in [-0.39, 0.29) is 11.3 Å². The van der Waals surface area contributed by atoms with E-state index in [1.807, 2.05) is 24.3 Å². The second-order valence-electron chi connectivity index (χ2n) is 5.52. The molecule has 0 fully saturated rings. The lowest BCUT2D eigenvalue weighted by Gasteiger charge is -2.23. The van der Waals surface area contributed by atoms with Gasteiger partial charge in [0.15, 0.2) is 0 Å². The van der Waals surface area contributed by atoms with E-state index in [0.29, 0.717) is 5.69 Å². The van der Waals surface area contributed by atoms with Gasteiger partial charge in [-0.15, -0.1) is 0 Å². The number of rotatable bonds is 4. The van der Waals surface area contributed by atoms with Crippen LogP contribution in [0.15, 0.2) is 65.0 Å². The number of amidine groups is 1. The minimum absolute atomic E-state index is 0.0859. The Morgan fingerprint density at radius 3 is 2.65 bits per heavy atom. The molecule has 26 heavy (non-hydrogen) atoms. The number of anilines is 1. The number of ether oxygens (including phenoxy) is 2. The first-order valence-electron chi connectivity index (χ1n) is 8.09. The van der Waals surface area contributed by atoms with Crippen LogP contribution in [-0.2, 0) is 19.1 Å². The number of aliphatic imine (C=N–C) groups is 1. The second kappa shape index (κ2) is 7.69. The fraction of sp³-hybridized carbons (Fsp3) is 0.211. The first-order chi connectivity index (χ1) is 12.7. The molecule has 2 heterocycles. The number of nitrogens with zero attached hydrogens (tertiary/aromatic N) is 2. The summed E-state index contributed by atoms with van der Waals surface area (Å²) in [6.07, 6.45) is 6.63. The lowest BCUT2D eigenvalue weighted by Crippen LogP contribution is -2.27. The van der Waals surface area contributed by atoms with Gasteiger partial charge in [-0.1, -0.05) is 18.2 Å². The highest BCUT2D eigenvalue weighted by Crippen LogP contribution is 2.27. The van der Waals surface area contributed by atoms with Crippen molar-refractivity contribution in [2.75, 3.05) is 32.2 Å². The molecule has 0 aliphatic carbocycles. The molecule has 134 valence electrons. The number of benzene rings is 1. The number of hydrogen-bond donors (Lipinski definition) is 1. The van der Waals surface area contributed by atoms with Crippen molar-refractivity contribution in [3.63, 3.8) is 0 Å². The Bertz CT molecular complexity index is 852. The molecular formula is C19H19N3O4. The van der Waals surface area contributed by atoms with Gasteiger partial charge in [-0.25, -0.2) is 9.59 Å². The Labute approximate surface area is 151 Å². The molecule has 3 rings (SSSR count). The monoisotopic (exact) mass is 353 g/mol. The van der Waals surface area contributed by atoms with E-state index in [2.05, 4.69) is 10.3 Å². The maximum atomic E-state index is 12.4. The summed E-state index contributed by atoms with van der Waals surface area (Å²) in [6, 6.07) is 7.53. The summed E-state index contributed by atoms with van der Waals surface area (Å²) in [5.41, 5.74) is 1.80. The second-order valence-corrected chi connectivity index (χ2v) is 5.52. The molecular weight excluding hydrogens is 334 g/mol. The van der Waals surface area contributed by atoms with Gasteiger partial charge >= 0.3 is 11.9 Å². The zero-order valence-electron chi connectivity index (χ0n) is 14.6. The number of carbonyl (C=O) groups excluding carboxylic acids is 2. The van der Waals surface area contributed by atoms with Gasteiger partial charge in [0.1, 0.15) is 11.5 Å². The van der Waals surface area contributed by atoms with Gasteiger partial charge < -0.3 is 19.7 Å². The van der Waals surface area contributed by atoms with E-state index in [0.717, 1.165) is 24.5 Å². The highest BCUT2D eigenvalue weighted by molar-refractivity contribution is 6.06. The highest BCUT2D eigenvalue weighted by atomic mass is 16.5. The molecule has 1 aromatic rings. The number of methoxy groups -OCH3 is 2. The number of allylic oxidation sites excluding steroid dienone is 2. The van der Waals surface area contributed by atoms with Crippen LogP contribution in [0, 0.1) is 0 Å². The molecule has 2 aliphatic heterocycles. The first-order valence-corrected chi connectivity index (χ1v) is 8.09. The molecule has 7 nitrogen and oxygen atoms in total.